The second kappa shape index (κ2) is 5.91. The Hall–Kier alpha value is -2.57. The van der Waals surface area contributed by atoms with Crippen LogP contribution >= 0.6 is 0 Å². The standard InChI is InChI=1S/C16H22N4O3/c1-15(2,3)23-14(22)19-13-18-12(21)9-16(4,20-13)10-6-5-7-11(17)8-10/h5-8H,9,17H2,1-4H3,(H2,18,19,20,21,22)/t16-/m0/s1. The van der Waals surface area contributed by atoms with Crippen molar-refractivity contribution in [1.82, 2.24) is 10.6 Å². The Kier molecular flexibility index (Phi) is 4.31. The van der Waals surface area contributed by atoms with Gasteiger partial charge in [0.1, 0.15) is 5.60 Å². The van der Waals surface area contributed by atoms with Crippen LogP contribution in [0.4, 0.5) is 10.5 Å². The molecule has 23 heavy (non-hydrogen) atoms. The Balaban J connectivity index is 2.25. The third-order valence-electron chi connectivity index (χ3n) is 3.25. The first kappa shape index (κ1) is 16.8. The number of aliphatic imine (C=N–C) groups is 1. The number of nitrogens with two attached hydrogens (primary N) is 1. The summed E-state index contributed by atoms with van der Waals surface area (Å²) in [6, 6.07) is 7.19. The number of nitrogens with one attached hydrogen (secondary N) is 2. The monoisotopic (exact) mass is 318 g/mol. The van der Waals surface area contributed by atoms with Crippen molar-refractivity contribution in [3.8, 4) is 0 Å². The second-order valence-electron chi connectivity index (χ2n) is 6.71. The third-order valence-corrected chi connectivity index (χ3v) is 3.25. The van der Waals surface area contributed by atoms with Gasteiger partial charge < -0.3 is 10.5 Å². The average Bonchev–Trinajstić information content (AvgIpc) is 2.34. The third kappa shape index (κ3) is 4.45. The van der Waals surface area contributed by atoms with Crippen molar-refractivity contribution in [3.63, 3.8) is 0 Å². The van der Waals surface area contributed by atoms with Crippen molar-refractivity contribution >= 4 is 23.6 Å². The summed E-state index contributed by atoms with van der Waals surface area (Å²) in [6.45, 7) is 7.08. The highest BCUT2D eigenvalue weighted by molar-refractivity contribution is 6.05. The quantitative estimate of drug-likeness (QED) is 0.687. The SMILES string of the molecule is CC(C)(C)OC(=O)NC1=N[C@](C)(c2cccc(N)c2)CC(=O)N1. The van der Waals surface area contributed by atoms with Crippen LogP contribution in [0.5, 0.6) is 0 Å². The van der Waals surface area contributed by atoms with E-state index in [0.717, 1.165) is 5.56 Å². The van der Waals surface area contributed by atoms with Crippen LogP contribution in [0.1, 0.15) is 39.7 Å². The summed E-state index contributed by atoms with van der Waals surface area (Å²) in [6.07, 6.45) is -0.510. The fourth-order valence-electron chi connectivity index (χ4n) is 2.30. The molecule has 0 radical (unpaired) electrons. The number of rotatable bonds is 1. The number of hydrogen-bond donors (Lipinski definition) is 3. The van der Waals surface area contributed by atoms with Gasteiger partial charge in [0.15, 0.2) is 0 Å². The number of alkyl carbamates (subject to hydrolysis) is 1. The van der Waals surface area contributed by atoms with E-state index in [2.05, 4.69) is 15.6 Å². The molecule has 1 aromatic carbocycles. The first-order valence-electron chi connectivity index (χ1n) is 7.33. The Labute approximate surface area is 135 Å². The molecular weight excluding hydrogens is 296 g/mol. The fourth-order valence-corrected chi connectivity index (χ4v) is 2.30. The zero-order valence-electron chi connectivity index (χ0n) is 13.8. The minimum absolute atomic E-state index is 0.0698. The number of nitrogens with zero attached hydrogens (tertiary/aromatic N) is 1. The van der Waals surface area contributed by atoms with E-state index in [1.807, 2.05) is 13.0 Å². The highest BCUT2D eigenvalue weighted by Crippen LogP contribution is 2.32. The largest absolute Gasteiger partial charge is 0.444 e. The number of guanidine groups is 1. The van der Waals surface area contributed by atoms with Gasteiger partial charge in [0, 0.05) is 5.69 Å². The highest BCUT2D eigenvalue weighted by atomic mass is 16.6. The van der Waals surface area contributed by atoms with E-state index >= 15 is 0 Å². The van der Waals surface area contributed by atoms with Gasteiger partial charge >= 0.3 is 6.09 Å². The summed E-state index contributed by atoms with van der Waals surface area (Å²) in [5, 5.41) is 5.01. The molecule has 0 saturated carbocycles. The van der Waals surface area contributed by atoms with E-state index in [0.29, 0.717) is 5.69 Å². The predicted octanol–water partition coefficient (Wildman–Crippen LogP) is 1.88. The van der Waals surface area contributed by atoms with Crippen LogP contribution in [-0.2, 0) is 15.1 Å². The number of benzene rings is 1. The molecule has 2 amide bonds. The van der Waals surface area contributed by atoms with Gasteiger partial charge in [0.2, 0.25) is 11.9 Å². The Morgan fingerprint density at radius 3 is 2.74 bits per heavy atom. The Bertz CT molecular complexity index is 664. The lowest BCUT2D eigenvalue weighted by molar-refractivity contribution is -0.121. The molecule has 1 heterocycles. The van der Waals surface area contributed by atoms with Crippen molar-refractivity contribution in [2.24, 2.45) is 4.99 Å². The van der Waals surface area contributed by atoms with Crippen molar-refractivity contribution in [2.45, 2.75) is 45.3 Å². The number of carbonyl (C=O) groups excluding carboxylic acids is 2. The molecule has 0 fully saturated rings. The molecule has 1 aliphatic heterocycles. The van der Waals surface area contributed by atoms with Gasteiger partial charge in [0.05, 0.1) is 12.0 Å². The maximum absolute atomic E-state index is 12.0. The lowest BCUT2D eigenvalue weighted by Crippen LogP contribution is -2.51. The summed E-state index contributed by atoms with van der Waals surface area (Å²) in [7, 11) is 0. The molecular formula is C16H22N4O3. The van der Waals surface area contributed by atoms with Gasteiger partial charge in [-0.3, -0.25) is 15.4 Å². The van der Waals surface area contributed by atoms with Crippen LogP contribution in [0.3, 0.4) is 0 Å². The van der Waals surface area contributed by atoms with Gasteiger partial charge in [0.25, 0.3) is 0 Å². The van der Waals surface area contributed by atoms with Crippen LogP contribution in [-0.4, -0.2) is 23.6 Å². The molecule has 0 saturated heterocycles. The lowest BCUT2D eigenvalue weighted by Gasteiger charge is -2.31. The van der Waals surface area contributed by atoms with E-state index in [1.165, 1.54) is 0 Å². The number of hydrogen-bond acceptors (Lipinski definition) is 5. The van der Waals surface area contributed by atoms with Crippen LogP contribution in [0.15, 0.2) is 29.3 Å². The van der Waals surface area contributed by atoms with Gasteiger partial charge in [-0.25, -0.2) is 9.79 Å². The molecule has 1 atom stereocenters. The van der Waals surface area contributed by atoms with Crippen molar-refractivity contribution in [1.29, 1.82) is 0 Å². The number of anilines is 1. The number of amides is 2. The maximum Gasteiger partial charge on any atom is 0.414 e. The summed E-state index contributed by atoms with van der Waals surface area (Å²) < 4.78 is 5.17. The molecule has 4 N–H and O–H groups in total. The van der Waals surface area contributed by atoms with Gasteiger partial charge in [-0.2, -0.15) is 0 Å². The Morgan fingerprint density at radius 1 is 1.43 bits per heavy atom. The van der Waals surface area contributed by atoms with Crippen molar-refractivity contribution < 1.29 is 14.3 Å². The van der Waals surface area contributed by atoms with Crippen LogP contribution < -0.4 is 16.4 Å². The number of carbonyl (C=O) groups is 2. The van der Waals surface area contributed by atoms with E-state index < -0.39 is 17.2 Å². The zero-order chi connectivity index (χ0) is 17.3. The minimum Gasteiger partial charge on any atom is -0.444 e. The molecule has 7 heteroatoms. The molecule has 124 valence electrons. The topological polar surface area (TPSA) is 106 Å². The average molecular weight is 318 g/mol. The molecule has 2 rings (SSSR count). The van der Waals surface area contributed by atoms with E-state index in [9.17, 15) is 9.59 Å². The number of nitrogen functional groups attached to an aromatic ring is 1. The smallest absolute Gasteiger partial charge is 0.414 e. The molecule has 0 aliphatic carbocycles. The van der Waals surface area contributed by atoms with Gasteiger partial charge in [-0.15, -0.1) is 0 Å². The van der Waals surface area contributed by atoms with Gasteiger partial charge in [-0.1, -0.05) is 12.1 Å². The fraction of sp³-hybridized carbons (Fsp3) is 0.438. The molecule has 7 nitrogen and oxygen atoms in total. The normalized spacial score (nSPS) is 21.2. The molecule has 0 unspecified atom stereocenters. The van der Waals surface area contributed by atoms with E-state index in [1.54, 1.807) is 39.0 Å². The van der Waals surface area contributed by atoms with E-state index in [-0.39, 0.29) is 18.3 Å². The first-order chi connectivity index (χ1) is 10.6. The summed E-state index contributed by atoms with van der Waals surface area (Å²) in [5.74, 6) is -0.170. The van der Waals surface area contributed by atoms with Crippen molar-refractivity contribution in [3.05, 3.63) is 29.8 Å². The second-order valence-corrected chi connectivity index (χ2v) is 6.71. The molecule has 0 spiro atoms. The van der Waals surface area contributed by atoms with Crippen molar-refractivity contribution in [2.75, 3.05) is 5.73 Å². The lowest BCUT2D eigenvalue weighted by atomic mass is 9.88. The summed E-state index contributed by atoms with van der Waals surface area (Å²) in [5.41, 5.74) is 5.75. The minimum atomic E-state index is -0.804. The molecule has 1 aromatic rings. The zero-order valence-corrected chi connectivity index (χ0v) is 13.8. The summed E-state index contributed by atoms with van der Waals surface area (Å²) >= 11 is 0. The highest BCUT2D eigenvalue weighted by Gasteiger charge is 2.35. The van der Waals surface area contributed by atoms with E-state index in [4.69, 9.17) is 10.5 Å². The first-order valence-corrected chi connectivity index (χ1v) is 7.33. The maximum atomic E-state index is 12.0. The van der Waals surface area contributed by atoms with Crippen LogP contribution in [0.2, 0.25) is 0 Å². The molecule has 1 aliphatic rings. The van der Waals surface area contributed by atoms with Crippen LogP contribution in [0.25, 0.3) is 0 Å². The Morgan fingerprint density at radius 2 is 2.13 bits per heavy atom. The molecule has 0 bridgehead atoms. The van der Waals surface area contributed by atoms with Gasteiger partial charge in [-0.05, 0) is 45.4 Å². The van der Waals surface area contributed by atoms with Crippen LogP contribution in [0, 0.1) is 0 Å². The predicted molar refractivity (Wildman–Crippen MR) is 87.8 cm³/mol. The molecule has 0 aromatic heterocycles. The number of ether oxygens (including phenoxy) is 1. The summed E-state index contributed by atoms with van der Waals surface area (Å²) in [4.78, 5) is 28.3.